The first-order valence-corrected chi connectivity index (χ1v) is 11.5. The van der Waals surface area contributed by atoms with Crippen LogP contribution < -0.4 is 14.8 Å². The number of hydrogen-bond acceptors (Lipinski definition) is 4. The highest BCUT2D eigenvalue weighted by molar-refractivity contribution is 7.92. The number of hydrogen-bond donors (Lipinski definition) is 2. The number of amides is 1. The summed E-state index contributed by atoms with van der Waals surface area (Å²) >= 11 is 12.2. The normalized spacial score (nSPS) is 11.1. The van der Waals surface area contributed by atoms with E-state index in [1.165, 1.54) is 19.2 Å². The second kappa shape index (κ2) is 10.0. The lowest BCUT2D eigenvalue weighted by atomic mass is 10.1. The molecule has 0 unspecified atom stereocenters. The molecule has 0 bridgehead atoms. The van der Waals surface area contributed by atoms with E-state index in [4.69, 9.17) is 27.9 Å². The van der Waals surface area contributed by atoms with Crippen molar-refractivity contribution in [2.45, 2.75) is 17.7 Å². The van der Waals surface area contributed by atoms with Crippen molar-refractivity contribution in [3.8, 4) is 5.75 Å². The van der Waals surface area contributed by atoms with E-state index in [0.717, 1.165) is 5.56 Å². The molecule has 9 heteroatoms. The van der Waals surface area contributed by atoms with Gasteiger partial charge in [-0.3, -0.25) is 9.52 Å². The van der Waals surface area contributed by atoms with E-state index >= 15 is 0 Å². The van der Waals surface area contributed by atoms with Crippen LogP contribution in [0.5, 0.6) is 5.75 Å². The van der Waals surface area contributed by atoms with Gasteiger partial charge in [-0.2, -0.15) is 0 Å². The summed E-state index contributed by atoms with van der Waals surface area (Å²) in [6.45, 7) is 0. The monoisotopic (exact) mass is 478 g/mol. The number of benzene rings is 3. The molecular weight excluding hydrogens is 459 g/mol. The number of carbonyl (C=O) groups is 1. The Hall–Kier alpha value is -2.74. The quantitative estimate of drug-likeness (QED) is 0.455. The Morgan fingerprint density at radius 1 is 0.968 bits per heavy atom. The van der Waals surface area contributed by atoms with Gasteiger partial charge in [0, 0.05) is 17.1 Å². The van der Waals surface area contributed by atoms with Crippen molar-refractivity contribution in [2.24, 2.45) is 0 Å². The van der Waals surface area contributed by atoms with E-state index < -0.39 is 10.0 Å². The van der Waals surface area contributed by atoms with E-state index in [0.29, 0.717) is 17.1 Å². The second-order valence-corrected chi connectivity index (χ2v) is 9.06. The van der Waals surface area contributed by atoms with E-state index in [-0.39, 0.29) is 33.7 Å². The molecule has 3 rings (SSSR count). The lowest BCUT2D eigenvalue weighted by Gasteiger charge is -2.14. The summed E-state index contributed by atoms with van der Waals surface area (Å²) < 4.78 is 33.5. The molecule has 0 aliphatic carbocycles. The predicted octanol–water partition coefficient (Wildman–Crippen LogP) is 5.37. The van der Waals surface area contributed by atoms with Crippen molar-refractivity contribution in [3.63, 3.8) is 0 Å². The standard InChI is InChI=1S/C22H20Cl2N2O4S/c1-30-20-12-11-16(25-22(27)13-10-15-6-2-3-7-17(15)23)14-21(20)31(28,29)26-19-9-5-4-8-18(19)24/h2-9,11-12,14,26H,10,13H2,1H3,(H,25,27). The molecule has 3 aromatic carbocycles. The fraction of sp³-hybridized carbons (Fsp3) is 0.136. The maximum Gasteiger partial charge on any atom is 0.265 e. The van der Waals surface area contributed by atoms with Crippen LogP contribution in [-0.2, 0) is 21.2 Å². The molecule has 0 aromatic heterocycles. The Labute approximate surface area is 191 Å². The maximum absolute atomic E-state index is 12.9. The Morgan fingerprint density at radius 3 is 2.32 bits per heavy atom. The van der Waals surface area contributed by atoms with Crippen molar-refractivity contribution >= 4 is 50.5 Å². The highest BCUT2D eigenvalue weighted by Crippen LogP contribution is 2.31. The maximum atomic E-state index is 12.9. The predicted molar refractivity (Wildman–Crippen MR) is 124 cm³/mol. The van der Waals surface area contributed by atoms with Gasteiger partial charge in [0.25, 0.3) is 10.0 Å². The summed E-state index contributed by atoms with van der Waals surface area (Å²) in [5.41, 5.74) is 1.42. The number of carbonyl (C=O) groups excluding carboxylic acids is 1. The molecule has 0 heterocycles. The molecule has 31 heavy (non-hydrogen) atoms. The molecule has 0 saturated heterocycles. The van der Waals surface area contributed by atoms with Gasteiger partial charge in [0.05, 0.1) is 17.8 Å². The third-order valence-electron chi connectivity index (χ3n) is 4.43. The summed E-state index contributed by atoms with van der Waals surface area (Å²) in [6.07, 6.45) is 0.649. The minimum Gasteiger partial charge on any atom is -0.495 e. The second-order valence-electron chi connectivity index (χ2n) is 6.59. The van der Waals surface area contributed by atoms with E-state index in [1.807, 2.05) is 18.2 Å². The number of para-hydroxylation sites is 1. The van der Waals surface area contributed by atoms with Crippen molar-refractivity contribution in [2.75, 3.05) is 17.1 Å². The molecule has 2 N–H and O–H groups in total. The zero-order valence-corrected chi connectivity index (χ0v) is 18.9. The molecule has 6 nitrogen and oxygen atoms in total. The zero-order valence-electron chi connectivity index (χ0n) is 16.6. The number of ether oxygens (including phenoxy) is 1. The summed E-state index contributed by atoms with van der Waals surface area (Å²) in [5.74, 6) is -0.138. The number of methoxy groups -OCH3 is 1. The number of nitrogens with one attached hydrogen (secondary N) is 2. The van der Waals surface area contributed by atoms with Gasteiger partial charge >= 0.3 is 0 Å². The molecule has 0 aliphatic heterocycles. The average Bonchev–Trinajstić information content (AvgIpc) is 2.74. The minimum atomic E-state index is -4.03. The van der Waals surface area contributed by atoms with Crippen LogP contribution in [0, 0.1) is 0 Å². The minimum absolute atomic E-state index is 0.126. The van der Waals surface area contributed by atoms with Gasteiger partial charge in [-0.05, 0) is 48.4 Å². The fourth-order valence-corrected chi connectivity index (χ4v) is 4.63. The van der Waals surface area contributed by atoms with Gasteiger partial charge in [0.2, 0.25) is 5.91 Å². The van der Waals surface area contributed by atoms with Gasteiger partial charge in [-0.1, -0.05) is 53.5 Å². The highest BCUT2D eigenvalue weighted by Gasteiger charge is 2.22. The summed E-state index contributed by atoms with van der Waals surface area (Å²) in [4.78, 5) is 12.3. The Morgan fingerprint density at radius 2 is 1.65 bits per heavy atom. The molecule has 0 radical (unpaired) electrons. The highest BCUT2D eigenvalue weighted by atomic mass is 35.5. The number of aryl methyl sites for hydroxylation is 1. The molecule has 0 spiro atoms. The van der Waals surface area contributed by atoms with Crippen LogP contribution >= 0.6 is 23.2 Å². The molecule has 0 fully saturated rings. The molecule has 0 saturated carbocycles. The van der Waals surface area contributed by atoms with Crippen molar-refractivity contribution in [3.05, 3.63) is 82.3 Å². The van der Waals surface area contributed by atoms with Crippen LogP contribution in [0.3, 0.4) is 0 Å². The van der Waals surface area contributed by atoms with Gasteiger partial charge < -0.3 is 10.1 Å². The summed E-state index contributed by atoms with van der Waals surface area (Å²) in [5, 5.41) is 3.57. The van der Waals surface area contributed by atoms with Crippen LogP contribution in [0.2, 0.25) is 10.0 Å². The van der Waals surface area contributed by atoms with E-state index in [1.54, 1.807) is 36.4 Å². The molecular formula is C22H20Cl2N2O4S. The summed E-state index contributed by atoms with van der Waals surface area (Å²) in [7, 11) is -2.66. The van der Waals surface area contributed by atoms with Crippen LogP contribution in [0.15, 0.2) is 71.6 Å². The topological polar surface area (TPSA) is 84.5 Å². The molecule has 0 aliphatic rings. The Kier molecular flexibility index (Phi) is 7.43. The largest absolute Gasteiger partial charge is 0.495 e. The molecule has 1 amide bonds. The van der Waals surface area contributed by atoms with E-state index in [9.17, 15) is 13.2 Å². The van der Waals surface area contributed by atoms with Crippen molar-refractivity contribution in [1.29, 1.82) is 0 Å². The number of rotatable bonds is 8. The smallest absolute Gasteiger partial charge is 0.265 e. The number of halogens is 2. The lowest BCUT2D eigenvalue weighted by Crippen LogP contribution is -2.16. The Balaban J connectivity index is 1.77. The SMILES string of the molecule is COc1ccc(NC(=O)CCc2ccccc2Cl)cc1S(=O)(=O)Nc1ccccc1Cl. The van der Waals surface area contributed by atoms with Crippen LogP contribution in [0.1, 0.15) is 12.0 Å². The summed E-state index contributed by atoms with van der Waals surface area (Å²) in [6, 6.07) is 18.2. The first kappa shape index (κ1) is 22.9. The fourth-order valence-electron chi connectivity index (χ4n) is 2.88. The number of anilines is 2. The van der Waals surface area contributed by atoms with Crippen LogP contribution in [-0.4, -0.2) is 21.4 Å². The van der Waals surface area contributed by atoms with E-state index in [2.05, 4.69) is 10.0 Å². The van der Waals surface area contributed by atoms with Crippen LogP contribution in [0.4, 0.5) is 11.4 Å². The van der Waals surface area contributed by atoms with Crippen molar-refractivity contribution in [1.82, 2.24) is 0 Å². The van der Waals surface area contributed by atoms with Gasteiger partial charge in [0.1, 0.15) is 10.6 Å². The zero-order chi connectivity index (χ0) is 22.4. The molecule has 162 valence electrons. The first-order chi connectivity index (χ1) is 14.8. The average molecular weight is 479 g/mol. The third kappa shape index (κ3) is 5.91. The van der Waals surface area contributed by atoms with Gasteiger partial charge in [-0.25, -0.2) is 8.42 Å². The van der Waals surface area contributed by atoms with Gasteiger partial charge in [0.15, 0.2) is 0 Å². The van der Waals surface area contributed by atoms with Crippen molar-refractivity contribution < 1.29 is 17.9 Å². The number of sulfonamides is 1. The Bertz CT molecular complexity index is 1200. The third-order valence-corrected chi connectivity index (χ3v) is 6.52. The van der Waals surface area contributed by atoms with Gasteiger partial charge in [-0.15, -0.1) is 0 Å². The molecule has 3 aromatic rings. The first-order valence-electron chi connectivity index (χ1n) is 9.29. The molecule has 0 atom stereocenters. The lowest BCUT2D eigenvalue weighted by molar-refractivity contribution is -0.116. The van der Waals surface area contributed by atoms with Crippen LogP contribution in [0.25, 0.3) is 0 Å².